The Morgan fingerprint density at radius 2 is 1.62 bits per heavy atom. The normalized spacial score (nSPS) is 10.5. The number of halogens is 4. The fourth-order valence-electron chi connectivity index (χ4n) is 1.87. The minimum atomic E-state index is -0.581. The van der Waals surface area contributed by atoms with Crippen molar-refractivity contribution in [3.8, 4) is 5.75 Å². The number of hydrogen-bond acceptors (Lipinski definition) is 2. The van der Waals surface area contributed by atoms with E-state index in [9.17, 15) is 8.78 Å². The van der Waals surface area contributed by atoms with E-state index in [4.69, 9.17) is 33.6 Å². The van der Waals surface area contributed by atoms with Crippen LogP contribution in [0.3, 0.4) is 0 Å². The smallest absolute Gasteiger partial charge is 0.392 e. The summed E-state index contributed by atoms with van der Waals surface area (Å²) in [4.78, 5) is 0. The number of nitrogens with two attached hydrogens (primary N) is 1. The zero-order valence-electron chi connectivity index (χ0n) is 11.0. The largest absolute Gasteiger partial charge is 0.556 e. The highest BCUT2D eigenvalue weighted by atomic mass is 35.5. The molecular formula is C14H12BCl2F2NO. The van der Waals surface area contributed by atoms with Crippen LogP contribution in [0.15, 0.2) is 36.4 Å². The van der Waals surface area contributed by atoms with Gasteiger partial charge in [0.2, 0.25) is 0 Å². The van der Waals surface area contributed by atoms with Crippen molar-refractivity contribution in [2.45, 2.75) is 6.32 Å². The Morgan fingerprint density at radius 3 is 2.19 bits per heavy atom. The van der Waals surface area contributed by atoms with Gasteiger partial charge in [0.05, 0.1) is 10.0 Å². The molecule has 0 unspecified atom stereocenters. The Bertz CT molecular complexity index is 642. The number of rotatable bonds is 5. The topological polar surface area (TPSA) is 35.2 Å². The molecule has 2 aromatic carbocycles. The Hall–Kier alpha value is -1.30. The van der Waals surface area contributed by atoms with Gasteiger partial charge in [-0.2, -0.15) is 0 Å². The summed E-state index contributed by atoms with van der Waals surface area (Å²) in [7, 11) is 0. The molecule has 0 atom stereocenters. The van der Waals surface area contributed by atoms with Crippen molar-refractivity contribution in [2.75, 3.05) is 6.54 Å². The zero-order chi connectivity index (χ0) is 15.4. The quantitative estimate of drug-likeness (QED) is 0.852. The number of hydrogen-bond donors (Lipinski definition) is 1. The molecule has 2 nitrogen and oxygen atoms in total. The molecule has 0 amide bonds. The summed E-state index contributed by atoms with van der Waals surface area (Å²) in [6.07, 6.45) is 0.450. The van der Waals surface area contributed by atoms with E-state index >= 15 is 0 Å². The average molecular weight is 330 g/mol. The summed E-state index contributed by atoms with van der Waals surface area (Å²) in [5.41, 5.74) is 6.13. The van der Waals surface area contributed by atoms with Crippen molar-refractivity contribution in [1.82, 2.24) is 0 Å². The van der Waals surface area contributed by atoms with Gasteiger partial charge in [0.1, 0.15) is 17.4 Å². The van der Waals surface area contributed by atoms with Gasteiger partial charge in [-0.25, -0.2) is 8.78 Å². The highest BCUT2D eigenvalue weighted by molar-refractivity contribution is 6.68. The van der Waals surface area contributed by atoms with Crippen LogP contribution < -0.4 is 15.9 Å². The standard InChI is InChI=1S/C14H12BCl2F2NO/c16-11-3-1-9(7-13(11)18)15(5-6-20)21-10-2-4-12(17)14(19)8-10/h1-4,7-8H,5-6,20H2. The van der Waals surface area contributed by atoms with E-state index in [-0.39, 0.29) is 10.0 Å². The zero-order valence-corrected chi connectivity index (χ0v) is 12.5. The molecule has 0 saturated carbocycles. The van der Waals surface area contributed by atoms with Crippen LogP contribution >= 0.6 is 23.2 Å². The van der Waals surface area contributed by atoms with Gasteiger partial charge >= 0.3 is 6.92 Å². The summed E-state index contributed by atoms with van der Waals surface area (Å²) in [6.45, 7) is -0.160. The molecule has 0 heterocycles. The van der Waals surface area contributed by atoms with Gasteiger partial charge in [0, 0.05) is 6.07 Å². The lowest BCUT2D eigenvalue weighted by molar-refractivity contribution is 0.560. The minimum absolute atomic E-state index is 0.00950. The lowest BCUT2D eigenvalue weighted by Gasteiger charge is -2.16. The van der Waals surface area contributed by atoms with Gasteiger partial charge in [-0.05, 0) is 42.6 Å². The molecule has 0 aliphatic heterocycles. The van der Waals surface area contributed by atoms with Gasteiger partial charge in [-0.15, -0.1) is 0 Å². The molecule has 21 heavy (non-hydrogen) atoms. The maximum absolute atomic E-state index is 13.5. The van der Waals surface area contributed by atoms with E-state index in [0.29, 0.717) is 24.1 Å². The van der Waals surface area contributed by atoms with E-state index in [2.05, 4.69) is 0 Å². The van der Waals surface area contributed by atoms with E-state index < -0.39 is 18.6 Å². The second-order valence-corrected chi connectivity index (χ2v) is 5.25. The molecule has 2 rings (SSSR count). The molecule has 110 valence electrons. The molecule has 0 spiro atoms. The van der Waals surface area contributed by atoms with Gasteiger partial charge < -0.3 is 10.4 Å². The molecule has 0 aromatic heterocycles. The minimum Gasteiger partial charge on any atom is -0.556 e. The van der Waals surface area contributed by atoms with Crippen molar-refractivity contribution in [3.05, 3.63) is 58.1 Å². The molecule has 2 aromatic rings. The summed E-state index contributed by atoms with van der Waals surface area (Å²) < 4.78 is 32.6. The molecule has 0 bridgehead atoms. The second-order valence-electron chi connectivity index (χ2n) is 4.43. The first kappa shape index (κ1) is 16.1. The van der Waals surface area contributed by atoms with Crippen LogP contribution in [0, 0.1) is 11.6 Å². The molecule has 0 aliphatic rings. The first-order valence-corrected chi connectivity index (χ1v) is 7.03. The SMILES string of the molecule is NCCB(Oc1ccc(Cl)c(F)c1)c1ccc(Cl)c(F)c1. The van der Waals surface area contributed by atoms with Crippen molar-refractivity contribution in [3.63, 3.8) is 0 Å². The van der Waals surface area contributed by atoms with Crippen LogP contribution in [0.25, 0.3) is 0 Å². The third kappa shape index (κ3) is 4.09. The van der Waals surface area contributed by atoms with Crippen molar-refractivity contribution in [1.29, 1.82) is 0 Å². The van der Waals surface area contributed by atoms with Crippen LogP contribution in [-0.2, 0) is 0 Å². The summed E-state index contributed by atoms with van der Waals surface area (Å²) >= 11 is 11.3. The fraction of sp³-hybridized carbons (Fsp3) is 0.143. The van der Waals surface area contributed by atoms with Crippen molar-refractivity contribution < 1.29 is 13.4 Å². The van der Waals surface area contributed by atoms with E-state index in [1.165, 1.54) is 24.3 Å². The van der Waals surface area contributed by atoms with E-state index in [1.807, 2.05) is 0 Å². The molecular weight excluding hydrogens is 318 g/mol. The summed E-state index contributed by atoms with van der Waals surface area (Å²) in [5.74, 6) is -0.823. The molecule has 2 N–H and O–H groups in total. The Morgan fingerprint density at radius 1 is 1.00 bits per heavy atom. The highest BCUT2D eigenvalue weighted by Gasteiger charge is 2.21. The van der Waals surface area contributed by atoms with E-state index in [0.717, 1.165) is 0 Å². The van der Waals surface area contributed by atoms with Gasteiger partial charge in [0.25, 0.3) is 0 Å². The van der Waals surface area contributed by atoms with Crippen molar-refractivity contribution >= 4 is 35.6 Å². The lowest BCUT2D eigenvalue weighted by atomic mass is 9.58. The first-order valence-electron chi connectivity index (χ1n) is 6.28. The molecule has 0 radical (unpaired) electrons. The van der Waals surface area contributed by atoms with Crippen LogP contribution in [0.4, 0.5) is 8.78 Å². The van der Waals surface area contributed by atoms with Crippen LogP contribution in [-0.4, -0.2) is 13.5 Å². The molecule has 7 heteroatoms. The van der Waals surface area contributed by atoms with Crippen LogP contribution in [0.1, 0.15) is 0 Å². The predicted molar refractivity (Wildman–Crippen MR) is 82.7 cm³/mol. The van der Waals surface area contributed by atoms with E-state index in [1.54, 1.807) is 12.1 Å². The molecule has 0 saturated heterocycles. The highest BCUT2D eigenvalue weighted by Crippen LogP contribution is 2.21. The molecule has 0 fully saturated rings. The van der Waals surface area contributed by atoms with Gasteiger partial charge in [-0.1, -0.05) is 29.3 Å². The molecule has 0 aliphatic carbocycles. The fourth-order valence-corrected chi connectivity index (χ4v) is 2.11. The second kappa shape index (κ2) is 7.12. The Balaban J connectivity index is 2.25. The lowest BCUT2D eigenvalue weighted by Crippen LogP contribution is -2.38. The van der Waals surface area contributed by atoms with Crippen LogP contribution in [0.5, 0.6) is 5.75 Å². The maximum Gasteiger partial charge on any atom is 0.392 e. The number of benzene rings is 2. The Kier molecular flexibility index (Phi) is 5.45. The monoisotopic (exact) mass is 329 g/mol. The Labute approximate surface area is 131 Å². The third-order valence-corrected chi connectivity index (χ3v) is 3.53. The van der Waals surface area contributed by atoms with Crippen LogP contribution in [0.2, 0.25) is 16.4 Å². The average Bonchev–Trinajstić information content (AvgIpc) is 2.45. The summed E-state index contributed by atoms with van der Waals surface area (Å²) in [5, 5.41) is 0.0399. The van der Waals surface area contributed by atoms with Gasteiger partial charge in [0.15, 0.2) is 0 Å². The first-order chi connectivity index (χ1) is 10.0. The van der Waals surface area contributed by atoms with Crippen molar-refractivity contribution in [2.24, 2.45) is 5.73 Å². The predicted octanol–water partition coefficient (Wildman–Crippen LogP) is 3.51. The van der Waals surface area contributed by atoms with Gasteiger partial charge in [-0.3, -0.25) is 0 Å². The third-order valence-electron chi connectivity index (χ3n) is 2.91. The maximum atomic E-state index is 13.5. The summed E-state index contributed by atoms with van der Waals surface area (Å²) in [6, 6.07) is 8.50.